The number of amides is 1. The van der Waals surface area contributed by atoms with Gasteiger partial charge in [-0.1, -0.05) is 24.3 Å². The lowest BCUT2D eigenvalue weighted by atomic mass is 9.91. The molecule has 1 aliphatic rings. The first kappa shape index (κ1) is 14.5. The fourth-order valence-corrected chi connectivity index (χ4v) is 2.59. The fourth-order valence-electron chi connectivity index (χ4n) is 2.59. The van der Waals surface area contributed by atoms with Gasteiger partial charge in [0, 0.05) is 18.5 Å². The first-order chi connectivity index (χ1) is 9.29. The molecule has 1 heterocycles. The zero-order chi connectivity index (χ0) is 14.9. The molecule has 0 radical (unpaired) electrons. The normalized spacial score (nSPS) is 18.6. The average Bonchev–Trinajstić information content (AvgIpc) is 2.35. The molecule has 2 rings (SSSR count). The van der Waals surface area contributed by atoms with Gasteiger partial charge in [-0.05, 0) is 31.4 Å². The molecular formula is C15H20N2O3. The summed E-state index contributed by atoms with van der Waals surface area (Å²) in [4.78, 5) is 25.3. The van der Waals surface area contributed by atoms with Crippen molar-refractivity contribution >= 4 is 11.9 Å². The Kier molecular flexibility index (Phi) is 3.81. The number of hydrogen-bond donors (Lipinski definition) is 2. The van der Waals surface area contributed by atoms with Crippen LogP contribution in [0.3, 0.4) is 0 Å². The third-order valence-corrected chi connectivity index (χ3v) is 3.44. The maximum absolute atomic E-state index is 12.3. The number of aliphatic carboxylic acids is 1. The number of carbonyl (C=O) groups excluding carboxylic acids is 1. The summed E-state index contributed by atoms with van der Waals surface area (Å²) in [5, 5.41) is 9.48. The lowest BCUT2D eigenvalue weighted by molar-refractivity contribution is -0.151. The van der Waals surface area contributed by atoms with E-state index >= 15 is 0 Å². The van der Waals surface area contributed by atoms with Gasteiger partial charge in [-0.25, -0.2) is 4.79 Å². The molecule has 0 aromatic heterocycles. The van der Waals surface area contributed by atoms with Crippen LogP contribution in [0, 0.1) is 0 Å². The zero-order valence-corrected chi connectivity index (χ0v) is 11.8. The van der Waals surface area contributed by atoms with E-state index in [2.05, 4.69) is 0 Å². The molecule has 5 heteroatoms. The summed E-state index contributed by atoms with van der Waals surface area (Å²) in [5.41, 5.74) is 6.92. The van der Waals surface area contributed by atoms with Crippen molar-refractivity contribution in [2.45, 2.75) is 38.3 Å². The minimum absolute atomic E-state index is 0.138. The van der Waals surface area contributed by atoms with Gasteiger partial charge in [0.25, 0.3) is 0 Å². The predicted octanol–water partition coefficient (Wildman–Crippen LogP) is 1.32. The molecule has 0 saturated heterocycles. The number of carboxylic acids is 1. The molecule has 0 aliphatic carbocycles. The monoisotopic (exact) mass is 276 g/mol. The van der Waals surface area contributed by atoms with Crippen LogP contribution in [0.4, 0.5) is 0 Å². The van der Waals surface area contributed by atoms with Gasteiger partial charge in [-0.2, -0.15) is 0 Å². The Balaban J connectivity index is 2.32. The number of benzene rings is 1. The molecule has 1 amide bonds. The lowest BCUT2D eigenvalue weighted by Crippen LogP contribution is -2.47. The van der Waals surface area contributed by atoms with Gasteiger partial charge in [-0.15, -0.1) is 0 Å². The number of hydrogen-bond acceptors (Lipinski definition) is 3. The maximum atomic E-state index is 12.3. The van der Waals surface area contributed by atoms with Gasteiger partial charge in [0.05, 0.1) is 0 Å². The van der Waals surface area contributed by atoms with Gasteiger partial charge in [-0.3, -0.25) is 4.79 Å². The van der Waals surface area contributed by atoms with Crippen molar-refractivity contribution in [3.8, 4) is 0 Å². The summed E-state index contributed by atoms with van der Waals surface area (Å²) >= 11 is 0. The van der Waals surface area contributed by atoms with Crippen LogP contribution in [0.15, 0.2) is 24.3 Å². The van der Waals surface area contributed by atoms with Crippen molar-refractivity contribution < 1.29 is 14.7 Å². The van der Waals surface area contributed by atoms with Crippen LogP contribution < -0.4 is 5.73 Å². The Bertz CT molecular complexity index is 534. The SMILES string of the molecule is CC(C)(N)CC(=O)N1CCc2ccccc2C1C(=O)O. The summed E-state index contributed by atoms with van der Waals surface area (Å²) in [6, 6.07) is 6.48. The van der Waals surface area contributed by atoms with Crippen molar-refractivity contribution in [2.75, 3.05) is 6.54 Å². The lowest BCUT2D eigenvalue weighted by Gasteiger charge is -2.36. The minimum Gasteiger partial charge on any atom is -0.479 e. The second kappa shape index (κ2) is 5.25. The summed E-state index contributed by atoms with van der Waals surface area (Å²) in [6.45, 7) is 3.94. The van der Waals surface area contributed by atoms with Crippen LogP contribution in [0.2, 0.25) is 0 Å². The number of carbonyl (C=O) groups is 2. The topological polar surface area (TPSA) is 83.6 Å². The van der Waals surface area contributed by atoms with E-state index in [1.54, 1.807) is 26.0 Å². The summed E-state index contributed by atoms with van der Waals surface area (Å²) in [7, 11) is 0. The molecule has 5 nitrogen and oxygen atoms in total. The van der Waals surface area contributed by atoms with E-state index in [9.17, 15) is 14.7 Å². The number of fused-ring (bicyclic) bond motifs is 1. The van der Waals surface area contributed by atoms with Crippen LogP contribution in [0.1, 0.15) is 37.4 Å². The number of carboxylic acid groups (broad SMARTS) is 1. The molecule has 0 fully saturated rings. The Hall–Kier alpha value is -1.88. The van der Waals surface area contributed by atoms with Gasteiger partial charge < -0.3 is 15.7 Å². The van der Waals surface area contributed by atoms with Crippen molar-refractivity contribution in [3.63, 3.8) is 0 Å². The van der Waals surface area contributed by atoms with Gasteiger partial charge in [0.2, 0.25) is 5.91 Å². The second-order valence-corrected chi connectivity index (χ2v) is 5.94. The first-order valence-corrected chi connectivity index (χ1v) is 6.68. The van der Waals surface area contributed by atoms with Crippen LogP contribution in [-0.2, 0) is 16.0 Å². The molecule has 108 valence electrons. The summed E-state index contributed by atoms with van der Waals surface area (Å²) in [5.74, 6) is -1.21. The molecule has 3 N–H and O–H groups in total. The molecule has 0 bridgehead atoms. The van der Waals surface area contributed by atoms with Crippen LogP contribution in [-0.4, -0.2) is 34.0 Å². The smallest absolute Gasteiger partial charge is 0.331 e. The van der Waals surface area contributed by atoms with Crippen molar-refractivity contribution in [1.29, 1.82) is 0 Å². The van der Waals surface area contributed by atoms with Crippen molar-refractivity contribution in [1.82, 2.24) is 4.90 Å². The van der Waals surface area contributed by atoms with E-state index in [1.165, 1.54) is 4.90 Å². The zero-order valence-electron chi connectivity index (χ0n) is 11.8. The maximum Gasteiger partial charge on any atom is 0.331 e. The summed E-state index contributed by atoms with van der Waals surface area (Å²) < 4.78 is 0. The predicted molar refractivity (Wildman–Crippen MR) is 75.1 cm³/mol. The molecule has 0 spiro atoms. The molecule has 1 aromatic carbocycles. The number of nitrogens with two attached hydrogens (primary N) is 1. The van der Waals surface area contributed by atoms with Gasteiger partial charge >= 0.3 is 5.97 Å². The third-order valence-electron chi connectivity index (χ3n) is 3.44. The largest absolute Gasteiger partial charge is 0.479 e. The third kappa shape index (κ3) is 2.99. The van der Waals surface area contributed by atoms with Crippen LogP contribution in [0.5, 0.6) is 0 Å². The highest BCUT2D eigenvalue weighted by Gasteiger charge is 2.36. The molecule has 0 saturated carbocycles. The molecule has 1 aliphatic heterocycles. The van der Waals surface area contributed by atoms with E-state index in [0.717, 1.165) is 5.56 Å². The first-order valence-electron chi connectivity index (χ1n) is 6.68. The number of rotatable bonds is 3. The van der Waals surface area contributed by atoms with E-state index < -0.39 is 17.6 Å². The average molecular weight is 276 g/mol. The molecule has 1 atom stereocenters. The summed E-state index contributed by atoms with van der Waals surface area (Å²) in [6.07, 6.45) is 0.815. The molecule has 1 aromatic rings. The minimum atomic E-state index is -1.000. The van der Waals surface area contributed by atoms with Gasteiger partial charge in [0.15, 0.2) is 6.04 Å². The Morgan fingerprint density at radius 1 is 1.40 bits per heavy atom. The standard InChI is InChI=1S/C15H20N2O3/c1-15(2,16)9-12(18)17-8-7-10-5-3-4-6-11(10)13(17)14(19)20/h3-6,13H,7-9,16H2,1-2H3,(H,19,20). The Labute approximate surface area is 118 Å². The van der Waals surface area contributed by atoms with Crippen molar-refractivity contribution in [3.05, 3.63) is 35.4 Å². The second-order valence-electron chi connectivity index (χ2n) is 5.94. The van der Waals surface area contributed by atoms with Crippen LogP contribution in [0.25, 0.3) is 0 Å². The van der Waals surface area contributed by atoms with E-state index in [-0.39, 0.29) is 12.3 Å². The highest BCUT2D eigenvalue weighted by atomic mass is 16.4. The molecular weight excluding hydrogens is 256 g/mol. The quantitative estimate of drug-likeness (QED) is 0.872. The molecule has 20 heavy (non-hydrogen) atoms. The van der Waals surface area contributed by atoms with Crippen LogP contribution >= 0.6 is 0 Å². The highest BCUT2D eigenvalue weighted by Crippen LogP contribution is 2.30. The fraction of sp³-hybridized carbons (Fsp3) is 0.467. The number of nitrogens with zero attached hydrogens (tertiary/aromatic N) is 1. The Morgan fingerprint density at radius 3 is 2.65 bits per heavy atom. The van der Waals surface area contributed by atoms with Gasteiger partial charge in [0.1, 0.15) is 0 Å². The molecule has 1 unspecified atom stereocenters. The van der Waals surface area contributed by atoms with Crippen molar-refractivity contribution in [2.24, 2.45) is 5.73 Å². The van der Waals surface area contributed by atoms with E-state index in [1.807, 2.05) is 12.1 Å². The Morgan fingerprint density at radius 2 is 2.05 bits per heavy atom. The van der Waals surface area contributed by atoms with E-state index in [4.69, 9.17) is 5.73 Å². The highest BCUT2D eigenvalue weighted by molar-refractivity contribution is 5.86. The van der Waals surface area contributed by atoms with E-state index in [0.29, 0.717) is 18.5 Å².